The van der Waals surface area contributed by atoms with Gasteiger partial charge in [-0.25, -0.2) is 13.1 Å². The lowest BCUT2D eigenvalue weighted by molar-refractivity contribution is -0.140. The van der Waals surface area contributed by atoms with E-state index in [0.29, 0.717) is 0 Å². The van der Waals surface area contributed by atoms with Gasteiger partial charge in [0.1, 0.15) is 0 Å². The normalized spacial score (nSPS) is 13.5. The summed E-state index contributed by atoms with van der Waals surface area (Å²) in [6.45, 7) is 1.30. The molecule has 0 fully saturated rings. The van der Waals surface area contributed by atoms with Crippen molar-refractivity contribution in [1.29, 1.82) is 0 Å². The van der Waals surface area contributed by atoms with E-state index in [9.17, 15) is 13.2 Å². The second kappa shape index (κ2) is 6.76. The van der Waals surface area contributed by atoms with Gasteiger partial charge in [-0.2, -0.15) is 0 Å². The lowest BCUT2D eigenvalue weighted by Gasteiger charge is -2.10. The van der Waals surface area contributed by atoms with E-state index in [4.69, 9.17) is 5.11 Å². The average molecular weight is 239 g/mol. The zero-order valence-electron chi connectivity index (χ0n) is 8.89. The van der Waals surface area contributed by atoms with Gasteiger partial charge in [0.2, 0.25) is 10.0 Å². The molecule has 0 bridgehead atoms. The molecule has 90 valence electrons. The molecule has 0 heterocycles. The van der Waals surface area contributed by atoms with Gasteiger partial charge >= 0.3 is 5.97 Å². The van der Waals surface area contributed by atoms with Crippen molar-refractivity contribution in [3.8, 4) is 0 Å². The maximum absolute atomic E-state index is 11.3. The molecule has 7 heteroatoms. The van der Waals surface area contributed by atoms with Gasteiger partial charge in [0.05, 0.1) is 19.5 Å². The third-order valence-corrected chi connectivity index (χ3v) is 3.26. The quantitative estimate of drug-likeness (QED) is 0.570. The van der Waals surface area contributed by atoms with Crippen LogP contribution in [0.1, 0.15) is 19.8 Å². The van der Waals surface area contributed by atoms with E-state index >= 15 is 0 Å². The van der Waals surface area contributed by atoms with E-state index in [1.807, 2.05) is 0 Å². The fraction of sp³-hybridized carbons (Fsp3) is 0.875. The Hall–Kier alpha value is -0.660. The molecule has 2 N–H and O–H groups in total. The molecule has 0 aliphatic rings. The molecule has 0 aliphatic heterocycles. The highest BCUT2D eigenvalue weighted by molar-refractivity contribution is 7.89. The fourth-order valence-corrected chi connectivity index (χ4v) is 2.24. The van der Waals surface area contributed by atoms with Crippen molar-refractivity contribution in [2.24, 2.45) is 0 Å². The van der Waals surface area contributed by atoms with Crippen LogP contribution in [0.2, 0.25) is 0 Å². The van der Waals surface area contributed by atoms with Gasteiger partial charge in [0.15, 0.2) is 0 Å². The summed E-state index contributed by atoms with van der Waals surface area (Å²) in [7, 11) is -2.16. The standard InChI is InChI=1S/C8H17NO5S/c1-7(6-10)9-15(12,13)5-3-4-8(11)14-2/h7,9-10H,3-6H2,1-2H3. The molecule has 0 aromatic heterocycles. The minimum atomic E-state index is -3.41. The minimum absolute atomic E-state index is 0.0743. The number of hydrogen-bond donors (Lipinski definition) is 2. The van der Waals surface area contributed by atoms with Crippen molar-refractivity contribution in [3.63, 3.8) is 0 Å². The van der Waals surface area contributed by atoms with Crippen LogP contribution in [0, 0.1) is 0 Å². The first kappa shape index (κ1) is 14.3. The van der Waals surface area contributed by atoms with Crippen molar-refractivity contribution in [1.82, 2.24) is 4.72 Å². The lowest BCUT2D eigenvalue weighted by atomic mass is 10.3. The van der Waals surface area contributed by atoms with Gasteiger partial charge in [0, 0.05) is 12.5 Å². The van der Waals surface area contributed by atoms with E-state index in [0.717, 1.165) is 0 Å². The fourth-order valence-electron chi connectivity index (χ4n) is 0.911. The molecule has 15 heavy (non-hydrogen) atoms. The van der Waals surface area contributed by atoms with Crippen LogP contribution in [0.5, 0.6) is 0 Å². The number of methoxy groups -OCH3 is 1. The number of esters is 1. The van der Waals surface area contributed by atoms with Gasteiger partial charge in [-0.3, -0.25) is 4.79 Å². The first-order chi connectivity index (χ1) is 6.91. The number of carbonyl (C=O) groups is 1. The molecule has 0 aliphatic carbocycles. The van der Waals surface area contributed by atoms with E-state index in [1.54, 1.807) is 6.92 Å². The smallest absolute Gasteiger partial charge is 0.305 e. The zero-order chi connectivity index (χ0) is 11.9. The largest absolute Gasteiger partial charge is 0.469 e. The van der Waals surface area contributed by atoms with Crippen LogP contribution in [0.15, 0.2) is 0 Å². The molecule has 6 nitrogen and oxygen atoms in total. The maximum Gasteiger partial charge on any atom is 0.305 e. The van der Waals surface area contributed by atoms with E-state index in [-0.39, 0.29) is 25.2 Å². The minimum Gasteiger partial charge on any atom is -0.469 e. The van der Waals surface area contributed by atoms with Gasteiger partial charge in [-0.05, 0) is 13.3 Å². The summed E-state index contributed by atoms with van der Waals surface area (Å²) in [6.07, 6.45) is 0.283. The van der Waals surface area contributed by atoms with Gasteiger partial charge in [0.25, 0.3) is 0 Å². The van der Waals surface area contributed by atoms with E-state index < -0.39 is 22.0 Å². The number of nitrogens with one attached hydrogen (secondary N) is 1. The topological polar surface area (TPSA) is 92.7 Å². The van der Waals surface area contributed by atoms with Crippen molar-refractivity contribution in [3.05, 3.63) is 0 Å². The zero-order valence-corrected chi connectivity index (χ0v) is 9.71. The maximum atomic E-state index is 11.3. The number of aliphatic hydroxyl groups excluding tert-OH is 1. The summed E-state index contributed by atoms with van der Waals surface area (Å²) in [6, 6.07) is -0.506. The Morgan fingerprint density at radius 2 is 2.13 bits per heavy atom. The highest BCUT2D eigenvalue weighted by Gasteiger charge is 2.14. The van der Waals surface area contributed by atoms with Crippen molar-refractivity contribution in [2.75, 3.05) is 19.5 Å². The van der Waals surface area contributed by atoms with Gasteiger partial charge in [-0.15, -0.1) is 0 Å². The Bertz CT molecular complexity index is 287. The van der Waals surface area contributed by atoms with Gasteiger partial charge in [-0.1, -0.05) is 0 Å². The summed E-state index contributed by atoms with van der Waals surface area (Å²) >= 11 is 0. The van der Waals surface area contributed by atoms with Crippen LogP contribution in [0.4, 0.5) is 0 Å². The Labute approximate surface area is 89.7 Å². The Morgan fingerprint density at radius 1 is 1.53 bits per heavy atom. The monoisotopic (exact) mass is 239 g/mol. The second-order valence-corrected chi connectivity index (χ2v) is 5.07. The molecule has 1 atom stereocenters. The molecule has 0 saturated carbocycles. The number of sulfonamides is 1. The summed E-state index contributed by atoms with van der Waals surface area (Å²) in [4.78, 5) is 10.7. The number of aliphatic hydroxyl groups is 1. The first-order valence-electron chi connectivity index (χ1n) is 4.59. The number of rotatable bonds is 7. The summed E-state index contributed by atoms with van der Waals surface area (Å²) in [5.74, 6) is -0.577. The van der Waals surface area contributed by atoms with Crippen molar-refractivity contribution < 1.29 is 23.1 Å². The van der Waals surface area contributed by atoms with Crippen LogP contribution >= 0.6 is 0 Å². The third kappa shape index (κ3) is 7.29. The second-order valence-electron chi connectivity index (χ2n) is 3.20. The van der Waals surface area contributed by atoms with Crippen molar-refractivity contribution in [2.45, 2.75) is 25.8 Å². The number of carbonyl (C=O) groups excluding carboxylic acids is 1. The van der Waals surface area contributed by atoms with Gasteiger partial charge < -0.3 is 9.84 Å². The molecule has 0 radical (unpaired) electrons. The molecule has 0 rings (SSSR count). The van der Waals surface area contributed by atoms with Crippen molar-refractivity contribution >= 4 is 16.0 Å². The predicted octanol–water partition coefficient (Wildman–Crippen LogP) is -0.760. The molecule has 0 spiro atoms. The molecule has 0 amide bonds. The Kier molecular flexibility index (Phi) is 6.46. The molecular formula is C8H17NO5S. The lowest BCUT2D eigenvalue weighted by Crippen LogP contribution is -2.36. The van der Waals surface area contributed by atoms with Crippen LogP contribution < -0.4 is 4.72 Å². The summed E-state index contributed by atoms with van der Waals surface area (Å²) in [5.41, 5.74) is 0. The molecular weight excluding hydrogens is 222 g/mol. The molecule has 0 aromatic rings. The van der Waals surface area contributed by atoms with E-state index in [1.165, 1.54) is 7.11 Å². The predicted molar refractivity (Wildman–Crippen MR) is 54.7 cm³/mol. The van der Waals surface area contributed by atoms with Crippen LogP contribution in [-0.2, 0) is 19.6 Å². The molecule has 0 aromatic carbocycles. The molecule has 1 unspecified atom stereocenters. The van der Waals surface area contributed by atoms with Crippen LogP contribution in [0.3, 0.4) is 0 Å². The number of hydrogen-bond acceptors (Lipinski definition) is 5. The first-order valence-corrected chi connectivity index (χ1v) is 6.24. The summed E-state index contributed by atoms with van der Waals surface area (Å²) < 4.78 is 29.2. The van der Waals surface area contributed by atoms with Crippen LogP contribution in [-0.4, -0.2) is 45.0 Å². The van der Waals surface area contributed by atoms with E-state index in [2.05, 4.69) is 9.46 Å². The third-order valence-electron chi connectivity index (χ3n) is 1.68. The Morgan fingerprint density at radius 3 is 2.60 bits per heavy atom. The van der Waals surface area contributed by atoms with Crippen LogP contribution in [0.25, 0.3) is 0 Å². The highest BCUT2D eigenvalue weighted by Crippen LogP contribution is 1.97. The molecule has 0 saturated heterocycles. The highest BCUT2D eigenvalue weighted by atomic mass is 32.2. The summed E-state index contributed by atoms with van der Waals surface area (Å²) in [5, 5.41) is 8.65. The number of ether oxygens (including phenoxy) is 1. The SMILES string of the molecule is COC(=O)CCCS(=O)(=O)NC(C)CO. The average Bonchev–Trinajstić information content (AvgIpc) is 2.16. The Balaban J connectivity index is 3.90.